The minimum absolute atomic E-state index is 0.316. The van der Waals surface area contributed by atoms with Crippen LogP contribution in [0.3, 0.4) is 0 Å². The Morgan fingerprint density at radius 1 is 1.19 bits per heavy atom. The van der Waals surface area contributed by atoms with Crippen LogP contribution in [0.25, 0.3) is 0 Å². The molecule has 2 unspecified atom stereocenters. The van der Waals surface area contributed by atoms with E-state index in [1.54, 1.807) is 0 Å². The van der Waals surface area contributed by atoms with Gasteiger partial charge in [-0.2, -0.15) is 0 Å². The predicted octanol–water partition coefficient (Wildman–Crippen LogP) is 3.14. The van der Waals surface area contributed by atoms with Crippen LogP contribution in [-0.4, -0.2) is 42.8 Å². The van der Waals surface area contributed by atoms with Crippen molar-refractivity contribution in [2.24, 2.45) is 0 Å². The van der Waals surface area contributed by atoms with Gasteiger partial charge in [-0.15, -0.1) is 0 Å². The lowest BCUT2D eigenvalue weighted by Gasteiger charge is -2.42. The van der Waals surface area contributed by atoms with Gasteiger partial charge in [0.15, 0.2) is 0 Å². The second-order valence-corrected chi connectivity index (χ2v) is 6.40. The molecule has 1 aliphatic rings. The molecule has 0 saturated carbocycles. The van der Waals surface area contributed by atoms with E-state index in [1.807, 2.05) is 0 Å². The summed E-state index contributed by atoms with van der Waals surface area (Å²) in [5.74, 6) is 0. The molecule has 118 valence electrons. The lowest BCUT2D eigenvalue weighted by atomic mass is 9.97. The summed E-state index contributed by atoms with van der Waals surface area (Å²) >= 11 is 0. The van der Waals surface area contributed by atoms with Gasteiger partial charge in [0, 0.05) is 25.2 Å². The summed E-state index contributed by atoms with van der Waals surface area (Å²) in [6, 6.07) is 9.75. The highest BCUT2D eigenvalue weighted by Gasteiger charge is 2.30. The molecule has 0 spiro atoms. The van der Waals surface area contributed by atoms with E-state index in [9.17, 15) is 0 Å². The Morgan fingerprint density at radius 3 is 2.29 bits per heavy atom. The fraction of sp³-hybridized carbons (Fsp3) is 0.667. The van der Waals surface area contributed by atoms with Gasteiger partial charge >= 0.3 is 0 Å². The maximum atomic E-state index is 5.87. The highest BCUT2D eigenvalue weighted by molar-refractivity contribution is 5.25. The number of ether oxygens (including phenoxy) is 1. The van der Waals surface area contributed by atoms with E-state index in [4.69, 9.17) is 4.74 Å². The first-order chi connectivity index (χ1) is 10.0. The van der Waals surface area contributed by atoms with Crippen LogP contribution in [0.2, 0.25) is 0 Å². The van der Waals surface area contributed by atoms with Crippen molar-refractivity contribution >= 4 is 0 Å². The summed E-state index contributed by atoms with van der Waals surface area (Å²) in [6.45, 7) is 14.0. The highest BCUT2D eigenvalue weighted by Crippen LogP contribution is 2.24. The van der Waals surface area contributed by atoms with Crippen molar-refractivity contribution in [2.75, 3.05) is 19.6 Å². The number of rotatable bonds is 5. The average molecular weight is 290 g/mol. The molecule has 2 rings (SSSR count). The molecule has 3 heteroatoms. The second-order valence-electron chi connectivity index (χ2n) is 6.40. The Labute approximate surface area is 129 Å². The van der Waals surface area contributed by atoms with Gasteiger partial charge in [-0.25, -0.2) is 0 Å². The molecule has 1 saturated heterocycles. The van der Waals surface area contributed by atoms with Crippen molar-refractivity contribution in [3.8, 4) is 0 Å². The molecule has 1 N–H and O–H groups in total. The third kappa shape index (κ3) is 4.29. The van der Waals surface area contributed by atoms with Crippen LogP contribution in [0.4, 0.5) is 0 Å². The normalized spacial score (nSPS) is 26.5. The van der Waals surface area contributed by atoms with Gasteiger partial charge < -0.3 is 10.1 Å². The first-order valence-corrected chi connectivity index (χ1v) is 8.20. The summed E-state index contributed by atoms with van der Waals surface area (Å²) in [6.07, 6.45) is 0.632. The van der Waals surface area contributed by atoms with Gasteiger partial charge in [-0.05, 0) is 39.8 Å². The molecule has 1 aliphatic heterocycles. The van der Waals surface area contributed by atoms with E-state index >= 15 is 0 Å². The van der Waals surface area contributed by atoms with Crippen molar-refractivity contribution in [1.29, 1.82) is 0 Å². The molecule has 21 heavy (non-hydrogen) atoms. The zero-order valence-electron chi connectivity index (χ0n) is 14.1. The van der Waals surface area contributed by atoms with Gasteiger partial charge in [0.05, 0.1) is 12.2 Å². The van der Waals surface area contributed by atoms with Gasteiger partial charge in [0.2, 0.25) is 0 Å². The number of benzene rings is 1. The summed E-state index contributed by atoms with van der Waals surface area (Å²) in [5.41, 5.74) is 2.69. The average Bonchev–Trinajstić information content (AvgIpc) is 2.44. The van der Waals surface area contributed by atoms with Gasteiger partial charge in [0.1, 0.15) is 0 Å². The van der Waals surface area contributed by atoms with Gasteiger partial charge in [-0.1, -0.05) is 36.8 Å². The molecule has 0 aliphatic carbocycles. The topological polar surface area (TPSA) is 24.5 Å². The SMILES string of the molecule is CCNC(c1ccc(C)cc1)C(C)N1C[C@@H](C)O[C@@H](C)C1. The zero-order valence-corrected chi connectivity index (χ0v) is 14.1. The van der Waals surface area contributed by atoms with Crippen molar-refractivity contribution in [1.82, 2.24) is 10.2 Å². The Balaban J connectivity index is 2.14. The Hall–Kier alpha value is -0.900. The number of hydrogen-bond acceptors (Lipinski definition) is 3. The molecule has 1 aromatic rings. The van der Waals surface area contributed by atoms with Crippen LogP contribution < -0.4 is 5.32 Å². The lowest BCUT2D eigenvalue weighted by molar-refractivity contribution is -0.0822. The predicted molar refractivity (Wildman–Crippen MR) is 88.6 cm³/mol. The second kappa shape index (κ2) is 7.39. The first kappa shape index (κ1) is 16.5. The van der Waals surface area contributed by atoms with Crippen molar-refractivity contribution in [2.45, 2.75) is 58.9 Å². The molecule has 1 fully saturated rings. The summed E-state index contributed by atoms with van der Waals surface area (Å²) in [7, 11) is 0. The first-order valence-electron chi connectivity index (χ1n) is 8.20. The minimum atomic E-state index is 0.316. The quantitative estimate of drug-likeness (QED) is 0.901. The smallest absolute Gasteiger partial charge is 0.0678 e. The number of nitrogens with zero attached hydrogens (tertiary/aromatic N) is 1. The van der Waals surface area contributed by atoms with Crippen molar-refractivity contribution < 1.29 is 4.74 Å². The Bertz CT molecular complexity index is 421. The van der Waals surface area contributed by atoms with Crippen molar-refractivity contribution in [3.05, 3.63) is 35.4 Å². The molecule has 4 atom stereocenters. The van der Waals surface area contributed by atoms with Crippen LogP contribution in [0.15, 0.2) is 24.3 Å². The van der Waals surface area contributed by atoms with Crippen LogP contribution in [-0.2, 0) is 4.74 Å². The lowest BCUT2D eigenvalue weighted by Crippen LogP contribution is -2.52. The molecule has 0 amide bonds. The molecule has 0 radical (unpaired) electrons. The van der Waals surface area contributed by atoms with E-state index in [1.165, 1.54) is 11.1 Å². The van der Waals surface area contributed by atoms with E-state index in [0.717, 1.165) is 19.6 Å². The Kier molecular flexibility index (Phi) is 5.80. The number of morpholine rings is 1. The number of likely N-dealkylation sites (N-methyl/N-ethyl adjacent to an activating group) is 1. The van der Waals surface area contributed by atoms with E-state index in [-0.39, 0.29) is 0 Å². The van der Waals surface area contributed by atoms with Crippen LogP contribution in [0.1, 0.15) is 44.9 Å². The third-order valence-electron chi connectivity index (χ3n) is 4.37. The Morgan fingerprint density at radius 2 is 1.76 bits per heavy atom. The number of nitrogens with one attached hydrogen (secondary N) is 1. The zero-order chi connectivity index (χ0) is 15.4. The van der Waals surface area contributed by atoms with Crippen LogP contribution in [0.5, 0.6) is 0 Å². The van der Waals surface area contributed by atoms with Gasteiger partial charge in [0.25, 0.3) is 0 Å². The largest absolute Gasteiger partial charge is 0.373 e. The molecule has 0 aromatic heterocycles. The molecule has 3 nitrogen and oxygen atoms in total. The standard InChI is InChI=1S/C18H30N2O/c1-6-19-18(17-9-7-13(2)8-10-17)16(5)20-11-14(3)21-15(4)12-20/h7-10,14-16,18-19H,6,11-12H2,1-5H3/t14-,15+,16?,18?. The maximum absolute atomic E-state index is 5.87. The molecular formula is C18H30N2O. The molecule has 0 bridgehead atoms. The van der Waals surface area contributed by atoms with Crippen LogP contribution >= 0.6 is 0 Å². The fourth-order valence-corrected chi connectivity index (χ4v) is 3.32. The number of aryl methyl sites for hydroxylation is 1. The molecular weight excluding hydrogens is 260 g/mol. The minimum Gasteiger partial charge on any atom is -0.373 e. The van der Waals surface area contributed by atoms with Gasteiger partial charge in [-0.3, -0.25) is 4.90 Å². The van der Waals surface area contributed by atoms with E-state index in [2.05, 4.69) is 69.1 Å². The fourth-order valence-electron chi connectivity index (χ4n) is 3.32. The van der Waals surface area contributed by atoms with E-state index < -0.39 is 0 Å². The monoisotopic (exact) mass is 290 g/mol. The summed E-state index contributed by atoms with van der Waals surface area (Å²) in [4.78, 5) is 2.56. The number of hydrogen-bond donors (Lipinski definition) is 1. The van der Waals surface area contributed by atoms with Crippen molar-refractivity contribution in [3.63, 3.8) is 0 Å². The summed E-state index contributed by atoms with van der Waals surface area (Å²) < 4.78 is 5.87. The van der Waals surface area contributed by atoms with E-state index in [0.29, 0.717) is 24.3 Å². The third-order valence-corrected chi connectivity index (χ3v) is 4.37. The molecule has 1 aromatic carbocycles. The highest BCUT2D eigenvalue weighted by atomic mass is 16.5. The van der Waals surface area contributed by atoms with Crippen LogP contribution in [0, 0.1) is 6.92 Å². The maximum Gasteiger partial charge on any atom is 0.0678 e. The summed E-state index contributed by atoms with van der Waals surface area (Å²) in [5, 5.41) is 3.66. The molecule has 1 heterocycles.